The van der Waals surface area contributed by atoms with E-state index >= 15 is 0 Å². The van der Waals surface area contributed by atoms with E-state index < -0.39 is 11.6 Å². The maximum atomic E-state index is 12.6. The van der Waals surface area contributed by atoms with E-state index in [4.69, 9.17) is 21.1 Å². The van der Waals surface area contributed by atoms with E-state index in [0.717, 1.165) is 16.7 Å². The van der Waals surface area contributed by atoms with Gasteiger partial charge in [-0.1, -0.05) is 36.4 Å². The van der Waals surface area contributed by atoms with Crippen molar-refractivity contribution < 1.29 is 9.53 Å². The van der Waals surface area contributed by atoms with Crippen LogP contribution in [0.25, 0.3) is 11.1 Å². The molecule has 0 aliphatic carbocycles. The highest BCUT2D eigenvalue weighted by Gasteiger charge is 2.36. The van der Waals surface area contributed by atoms with Crippen LogP contribution in [0.2, 0.25) is 0 Å². The molecule has 6 heteroatoms. The van der Waals surface area contributed by atoms with Crippen molar-refractivity contribution in [3.05, 3.63) is 59.7 Å². The summed E-state index contributed by atoms with van der Waals surface area (Å²) in [5.41, 5.74) is 9.03. The summed E-state index contributed by atoms with van der Waals surface area (Å²) in [6.07, 6.45) is 2.75. The van der Waals surface area contributed by atoms with Crippen molar-refractivity contribution in [1.82, 2.24) is 5.32 Å². The van der Waals surface area contributed by atoms with Crippen LogP contribution >= 0.6 is 0 Å². The average Bonchev–Trinajstić information content (AvgIpc) is 2.74. The summed E-state index contributed by atoms with van der Waals surface area (Å²) >= 11 is 0. The van der Waals surface area contributed by atoms with Crippen molar-refractivity contribution in [3.8, 4) is 17.2 Å². The summed E-state index contributed by atoms with van der Waals surface area (Å²) in [6, 6.07) is 17.1. The second-order valence-electron chi connectivity index (χ2n) is 7.11. The molecule has 0 saturated carbocycles. The van der Waals surface area contributed by atoms with Crippen LogP contribution in [0.3, 0.4) is 0 Å². The maximum Gasteiger partial charge on any atom is 0.240 e. The number of nitriles is 1. The third kappa shape index (κ3) is 4.63. The fourth-order valence-electron chi connectivity index (χ4n) is 3.25. The molecule has 1 atom stereocenters. The minimum atomic E-state index is -0.918. The van der Waals surface area contributed by atoms with Crippen LogP contribution in [0.1, 0.15) is 24.0 Å². The van der Waals surface area contributed by atoms with Gasteiger partial charge in [0.1, 0.15) is 0 Å². The van der Waals surface area contributed by atoms with Crippen molar-refractivity contribution >= 4 is 12.1 Å². The largest absolute Gasteiger partial charge is 0.381 e. The molecular formula is C22H24N4O2. The fraction of sp³-hybridized carbons (Fsp3) is 0.318. The summed E-state index contributed by atoms with van der Waals surface area (Å²) in [6.45, 7) is 0.964. The lowest BCUT2D eigenvalue weighted by Crippen LogP contribution is -2.59. The van der Waals surface area contributed by atoms with E-state index in [1.54, 1.807) is 12.1 Å². The van der Waals surface area contributed by atoms with Crippen molar-refractivity contribution in [2.75, 3.05) is 13.2 Å². The lowest BCUT2D eigenvalue weighted by Gasteiger charge is -2.33. The first kappa shape index (κ1) is 19.7. The van der Waals surface area contributed by atoms with E-state index in [2.05, 4.69) is 11.4 Å². The van der Waals surface area contributed by atoms with Gasteiger partial charge in [-0.15, -0.1) is 0 Å². The molecule has 28 heavy (non-hydrogen) atoms. The van der Waals surface area contributed by atoms with E-state index in [1.807, 2.05) is 36.4 Å². The Labute approximate surface area is 164 Å². The minimum Gasteiger partial charge on any atom is -0.381 e. The molecular weight excluding hydrogens is 352 g/mol. The lowest BCUT2D eigenvalue weighted by atomic mass is 9.90. The van der Waals surface area contributed by atoms with Gasteiger partial charge in [-0.3, -0.25) is 4.79 Å². The monoisotopic (exact) mass is 376 g/mol. The van der Waals surface area contributed by atoms with Crippen LogP contribution < -0.4 is 11.1 Å². The maximum absolute atomic E-state index is 12.6. The van der Waals surface area contributed by atoms with Crippen LogP contribution in [-0.2, 0) is 16.0 Å². The molecule has 0 aromatic heterocycles. The predicted molar refractivity (Wildman–Crippen MR) is 108 cm³/mol. The predicted octanol–water partition coefficient (Wildman–Crippen LogP) is 2.41. The molecule has 0 radical (unpaired) electrons. The smallest absolute Gasteiger partial charge is 0.240 e. The molecule has 0 bridgehead atoms. The number of hydrogen-bond acceptors (Lipinski definition) is 5. The summed E-state index contributed by atoms with van der Waals surface area (Å²) in [7, 11) is 0. The fourth-order valence-corrected chi connectivity index (χ4v) is 3.25. The summed E-state index contributed by atoms with van der Waals surface area (Å²) in [4.78, 5) is 12.6. The number of benzene rings is 2. The van der Waals surface area contributed by atoms with Crippen molar-refractivity contribution in [1.29, 1.82) is 10.7 Å². The number of carbonyl (C=O) groups excluding carboxylic acids is 1. The molecule has 1 heterocycles. The zero-order valence-corrected chi connectivity index (χ0v) is 15.7. The minimum absolute atomic E-state index is 0.224. The van der Waals surface area contributed by atoms with Crippen LogP contribution in [0.4, 0.5) is 0 Å². The van der Waals surface area contributed by atoms with Crippen molar-refractivity contribution in [2.24, 2.45) is 5.73 Å². The second-order valence-corrected chi connectivity index (χ2v) is 7.11. The summed E-state index contributed by atoms with van der Waals surface area (Å²) in [5, 5.41) is 19.4. The topological polar surface area (TPSA) is 112 Å². The standard InChI is InChI=1S/C22H24N4O2/c23-14-17-3-7-19(8-4-17)18-5-1-16(2-6-18)13-20(15-24)26-21(27)22(25)9-11-28-12-10-22/h1-8,15,20,24H,9-13,25H2,(H,26,27)/t20-/m0/s1. The van der Waals surface area contributed by atoms with Gasteiger partial charge in [0.15, 0.2) is 0 Å². The molecule has 2 aromatic rings. The highest BCUT2D eigenvalue weighted by Crippen LogP contribution is 2.21. The molecule has 0 spiro atoms. The van der Waals surface area contributed by atoms with Crippen molar-refractivity contribution in [2.45, 2.75) is 30.8 Å². The van der Waals surface area contributed by atoms with Crippen LogP contribution in [0.15, 0.2) is 48.5 Å². The number of carbonyl (C=O) groups is 1. The molecule has 1 amide bonds. The number of ether oxygens (including phenoxy) is 1. The lowest BCUT2D eigenvalue weighted by molar-refractivity contribution is -0.130. The van der Waals surface area contributed by atoms with Gasteiger partial charge in [0.25, 0.3) is 0 Å². The number of nitrogens with two attached hydrogens (primary N) is 1. The molecule has 1 aliphatic heterocycles. The second kappa shape index (κ2) is 8.79. The van der Waals surface area contributed by atoms with Crippen LogP contribution in [0, 0.1) is 16.7 Å². The first-order chi connectivity index (χ1) is 13.5. The molecule has 4 N–H and O–H groups in total. The molecule has 144 valence electrons. The van der Waals surface area contributed by atoms with Gasteiger partial charge in [-0.05, 0) is 48.1 Å². The Hall–Kier alpha value is -3.01. The number of hydrogen-bond donors (Lipinski definition) is 3. The number of amides is 1. The molecule has 1 fully saturated rings. The normalized spacial score (nSPS) is 16.6. The Morgan fingerprint density at radius 2 is 1.75 bits per heavy atom. The molecule has 6 nitrogen and oxygen atoms in total. The van der Waals surface area contributed by atoms with Gasteiger partial charge in [0.2, 0.25) is 5.91 Å². The quantitative estimate of drug-likeness (QED) is 0.672. The van der Waals surface area contributed by atoms with E-state index in [0.29, 0.717) is 38.0 Å². The SMILES string of the molecule is N#Cc1ccc(-c2ccc(C[C@@H](C=N)NC(=O)C3(N)CCOCC3)cc2)cc1. The number of rotatable bonds is 6. The molecule has 0 unspecified atom stereocenters. The Balaban J connectivity index is 1.63. The van der Waals surface area contributed by atoms with Gasteiger partial charge < -0.3 is 21.2 Å². The van der Waals surface area contributed by atoms with Crippen molar-refractivity contribution in [3.63, 3.8) is 0 Å². The highest BCUT2D eigenvalue weighted by molar-refractivity contribution is 5.88. The Bertz CT molecular complexity index is 863. The first-order valence-electron chi connectivity index (χ1n) is 9.32. The zero-order valence-electron chi connectivity index (χ0n) is 15.7. The Morgan fingerprint density at radius 3 is 2.29 bits per heavy atom. The summed E-state index contributed by atoms with van der Waals surface area (Å²) in [5.74, 6) is -0.224. The van der Waals surface area contributed by atoms with Gasteiger partial charge >= 0.3 is 0 Å². The zero-order chi connectivity index (χ0) is 20.0. The van der Waals surface area contributed by atoms with E-state index in [9.17, 15) is 4.79 Å². The van der Waals surface area contributed by atoms with Gasteiger partial charge in [0, 0.05) is 19.4 Å². The van der Waals surface area contributed by atoms with E-state index in [-0.39, 0.29) is 5.91 Å². The first-order valence-corrected chi connectivity index (χ1v) is 9.32. The van der Waals surface area contributed by atoms with E-state index in [1.165, 1.54) is 6.21 Å². The third-order valence-corrected chi connectivity index (χ3v) is 5.11. The Morgan fingerprint density at radius 1 is 1.18 bits per heavy atom. The highest BCUT2D eigenvalue weighted by atomic mass is 16.5. The van der Waals surface area contributed by atoms with Crippen LogP contribution in [0.5, 0.6) is 0 Å². The molecule has 2 aromatic carbocycles. The van der Waals surface area contributed by atoms with Gasteiger partial charge in [-0.25, -0.2) is 0 Å². The van der Waals surface area contributed by atoms with Gasteiger partial charge in [-0.2, -0.15) is 5.26 Å². The summed E-state index contributed by atoms with van der Waals surface area (Å²) < 4.78 is 5.28. The molecule has 3 rings (SSSR count). The van der Waals surface area contributed by atoms with Gasteiger partial charge in [0.05, 0.1) is 23.2 Å². The van der Waals surface area contributed by atoms with Crippen LogP contribution in [-0.4, -0.2) is 36.9 Å². The molecule has 1 saturated heterocycles. The number of nitrogens with one attached hydrogen (secondary N) is 2. The molecule has 1 aliphatic rings. The third-order valence-electron chi connectivity index (χ3n) is 5.11. The Kier molecular flexibility index (Phi) is 6.19. The average molecular weight is 376 g/mol. The number of nitrogens with zero attached hydrogens (tertiary/aromatic N) is 1.